The van der Waals surface area contributed by atoms with Gasteiger partial charge in [0, 0.05) is 22.5 Å². The Labute approximate surface area is 421 Å². The first-order valence-electron chi connectivity index (χ1n) is 25.5. The molecule has 1 nitrogen and oxygen atoms in total. The second-order valence-corrected chi connectivity index (χ2v) is 21.0. The lowest BCUT2D eigenvalue weighted by Crippen LogP contribution is -2.26. The van der Waals surface area contributed by atoms with Crippen molar-refractivity contribution in [3.05, 3.63) is 304 Å². The molecule has 5 aliphatic carbocycles. The Hall–Kier alpha value is -8.78. The molecular formula is C71H47N. The van der Waals surface area contributed by atoms with E-state index in [2.05, 4.69) is 267 Å². The van der Waals surface area contributed by atoms with Crippen molar-refractivity contribution in [1.29, 1.82) is 0 Å². The molecule has 5 aliphatic rings. The summed E-state index contributed by atoms with van der Waals surface area (Å²) in [7, 11) is 0. The third-order valence-corrected chi connectivity index (χ3v) is 17.5. The zero-order chi connectivity index (χ0) is 47.5. The van der Waals surface area contributed by atoms with Crippen LogP contribution in [0, 0.1) is 0 Å². The average Bonchev–Trinajstić information content (AvgIpc) is 4.17. The molecule has 0 N–H and O–H groups in total. The van der Waals surface area contributed by atoms with Gasteiger partial charge in [-0.25, -0.2) is 0 Å². The van der Waals surface area contributed by atoms with Crippen LogP contribution < -0.4 is 4.90 Å². The standard InChI is InChI=1S/C71H47N/c1-69(2)58-40-37-45(41-57(58)68-48(27-18-34-65(68)69)44-19-4-3-5-20-44)72(46-35-38-55-53-25-10-16-32-63(53)70(66(55)42-46)59-28-12-6-21-49(59)50-22-7-13-29-60(50)70)47-36-39-56-54-26-11-17-33-64(54)71(67(56)43-47)61-30-14-8-23-51(61)52-24-9-15-31-62(52)71/h3-43H,1-2H3. The minimum atomic E-state index is -0.479. The van der Waals surface area contributed by atoms with Crippen molar-refractivity contribution in [3.8, 4) is 66.8 Å². The van der Waals surface area contributed by atoms with Crippen molar-refractivity contribution in [3.63, 3.8) is 0 Å². The van der Waals surface area contributed by atoms with Crippen LogP contribution in [0.1, 0.15) is 69.5 Å². The number of benzene rings is 11. The van der Waals surface area contributed by atoms with Gasteiger partial charge in [0.2, 0.25) is 0 Å². The number of hydrogen-bond donors (Lipinski definition) is 0. The van der Waals surface area contributed by atoms with Crippen LogP contribution in [0.15, 0.2) is 249 Å². The van der Waals surface area contributed by atoms with E-state index in [9.17, 15) is 0 Å². The van der Waals surface area contributed by atoms with Gasteiger partial charge in [-0.2, -0.15) is 0 Å². The van der Waals surface area contributed by atoms with Crippen LogP contribution in [0.2, 0.25) is 0 Å². The molecule has 0 heterocycles. The van der Waals surface area contributed by atoms with E-state index in [1.165, 1.54) is 122 Å². The molecule has 11 aromatic rings. The number of nitrogens with zero attached hydrogens (tertiary/aromatic N) is 1. The summed E-state index contributed by atoms with van der Waals surface area (Å²) in [5.74, 6) is 0. The van der Waals surface area contributed by atoms with E-state index in [0.717, 1.165) is 17.1 Å². The summed E-state index contributed by atoms with van der Waals surface area (Å²) in [5.41, 5.74) is 31.3. The molecule has 0 fully saturated rings. The summed E-state index contributed by atoms with van der Waals surface area (Å²) in [6.07, 6.45) is 0. The molecule has 0 aromatic heterocycles. The van der Waals surface area contributed by atoms with E-state index in [1.807, 2.05) is 0 Å². The van der Waals surface area contributed by atoms with Crippen LogP contribution in [0.4, 0.5) is 17.1 Å². The van der Waals surface area contributed by atoms with Gasteiger partial charge in [-0.1, -0.05) is 226 Å². The monoisotopic (exact) mass is 913 g/mol. The molecule has 0 atom stereocenters. The first-order chi connectivity index (χ1) is 35.5. The summed E-state index contributed by atoms with van der Waals surface area (Å²) in [6.45, 7) is 4.79. The molecule has 0 radical (unpaired) electrons. The van der Waals surface area contributed by atoms with Crippen LogP contribution in [-0.4, -0.2) is 0 Å². The van der Waals surface area contributed by atoms with Crippen molar-refractivity contribution in [1.82, 2.24) is 0 Å². The quantitative estimate of drug-likeness (QED) is 0.170. The van der Waals surface area contributed by atoms with Gasteiger partial charge < -0.3 is 4.90 Å². The predicted octanol–water partition coefficient (Wildman–Crippen LogP) is 17.8. The number of anilines is 3. The van der Waals surface area contributed by atoms with E-state index < -0.39 is 10.8 Å². The SMILES string of the molecule is CC1(C)c2ccc(N(c3ccc4c(c3)C3(c5ccccc5-c5ccccc53)c3ccccc3-4)c3ccc4c(c3)C3(c5ccccc5-c5ccccc53)c3ccccc3-4)cc2-c2c(-c3ccccc3)cccc21. The van der Waals surface area contributed by atoms with Gasteiger partial charge in [0.25, 0.3) is 0 Å². The molecule has 1 heteroatoms. The Morgan fingerprint density at radius 1 is 0.236 bits per heavy atom. The topological polar surface area (TPSA) is 3.24 Å². The first-order valence-corrected chi connectivity index (χ1v) is 25.5. The summed E-state index contributed by atoms with van der Waals surface area (Å²) in [4.78, 5) is 2.57. The van der Waals surface area contributed by atoms with Crippen LogP contribution in [-0.2, 0) is 16.2 Å². The lowest BCUT2D eigenvalue weighted by molar-refractivity contribution is 0.660. The third-order valence-electron chi connectivity index (χ3n) is 17.5. The van der Waals surface area contributed by atoms with Gasteiger partial charge in [0.15, 0.2) is 0 Å². The molecule has 2 spiro atoms. The maximum atomic E-state index is 2.57. The summed E-state index contributed by atoms with van der Waals surface area (Å²) in [6, 6.07) is 94.7. The van der Waals surface area contributed by atoms with Crippen molar-refractivity contribution < 1.29 is 0 Å². The molecule has 11 aromatic carbocycles. The number of hydrogen-bond acceptors (Lipinski definition) is 1. The lowest BCUT2D eigenvalue weighted by atomic mass is 9.70. The molecule has 0 amide bonds. The van der Waals surface area contributed by atoms with Gasteiger partial charge in [0.05, 0.1) is 10.8 Å². The highest BCUT2D eigenvalue weighted by Crippen LogP contribution is 2.66. The van der Waals surface area contributed by atoms with Crippen molar-refractivity contribution in [2.75, 3.05) is 4.90 Å². The average molecular weight is 914 g/mol. The third kappa shape index (κ3) is 4.84. The summed E-state index contributed by atoms with van der Waals surface area (Å²) in [5, 5.41) is 0. The Balaban J connectivity index is 0.985. The Morgan fingerprint density at radius 3 is 1.00 bits per heavy atom. The molecule has 0 bridgehead atoms. The smallest absolute Gasteiger partial charge is 0.0726 e. The highest BCUT2D eigenvalue weighted by atomic mass is 15.1. The fourth-order valence-corrected chi connectivity index (χ4v) is 14.7. The summed E-state index contributed by atoms with van der Waals surface area (Å²) < 4.78 is 0. The van der Waals surface area contributed by atoms with E-state index >= 15 is 0 Å². The van der Waals surface area contributed by atoms with Crippen LogP contribution >= 0.6 is 0 Å². The van der Waals surface area contributed by atoms with Crippen LogP contribution in [0.25, 0.3) is 66.8 Å². The second-order valence-electron chi connectivity index (χ2n) is 21.0. The van der Waals surface area contributed by atoms with E-state index in [-0.39, 0.29) is 5.41 Å². The fourth-order valence-electron chi connectivity index (χ4n) is 14.7. The second kappa shape index (κ2) is 14.2. The first kappa shape index (κ1) is 40.0. The van der Waals surface area contributed by atoms with Gasteiger partial charge >= 0.3 is 0 Å². The molecule has 0 saturated carbocycles. The predicted molar refractivity (Wildman–Crippen MR) is 297 cm³/mol. The largest absolute Gasteiger partial charge is 0.310 e. The molecule has 16 rings (SSSR count). The highest BCUT2D eigenvalue weighted by Gasteiger charge is 2.53. The van der Waals surface area contributed by atoms with E-state index in [1.54, 1.807) is 0 Å². The summed E-state index contributed by atoms with van der Waals surface area (Å²) >= 11 is 0. The normalized spacial score (nSPS) is 15.1. The van der Waals surface area contributed by atoms with Gasteiger partial charge in [-0.3, -0.25) is 0 Å². The van der Waals surface area contributed by atoms with E-state index in [4.69, 9.17) is 0 Å². The van der Waals surface area contributed by atoms with Gasteiger partial charge in [-0.05, 0) is 159 Å². The lowest BCUT2D eigenvalue weighted by Gasteiger charge is -2.33. The van der Waals surface area contributed by atoms with Gasteiger partial charge in [0.1, 0.15) is 0 Å². The van der Waals surface area contributed by atoms with Crippen LogP contribution in [0.3, 0.4) is 0 Å². The fraction of sp³-hybridized carbons (Fsp3) is 0.0704. The molecule has 0 saturated heterocycles. The van der Waals surface area contributed by atoms with E-state index in [0.29, 0.717) is 0 Å². The molecule has 72 heavy (non-hydrogen) atoms. The number of rotatable bonds is 4. The Kier molecular flexibility index (Phi) is 7.88. The van der Waals surface area contributed by atoms with Crippen LogP contribution in [0.5, 0.6) is 0 Å². The van der Waals surface area contributed by atoms with Crippen molar-refractivity contribution in [2.45, 2.75) is 30.1 Å². The zero-order valence-electron chi connectivity index (χ0n) is 40.1. The highest BCUT2D eigenvalue weighted by molar-refractivity contribution is 6.00. The van der Waals surface area contributed by atoms with Gasteiger partial charge in [-0.15, -0.1) is 0 Å². The molecular weight excluding hydrogens is 867 g/mol. The maximum absolute atomic E-state index is 2.57. The number of fused-ring (bicyclic) bond motifs is 23. The minimum absolute atomic E-state index is 0.178. The Morgan fingerprint density at radius 2 is 0.569 bits per heavy atom. The molecule has 0 aliphatic heterocycles. The van der Waals surface area contributed by atoms with Crippen molar-refractivity contribution >= 4 is 17.1 Å². The van der Waals surface area contributed by atoms with Crippen molar-refractivity contribution in [2.24, 2.45) is 0 Å². The molecule has 0 unspecified atom stereocenters. The molecule has 336 valence electrons. The zero-order valence-corrected chi connectivity index (χ0v) is 40.1. The minimum Gasteiger partial charge on any atom is -0.310 e. The maximum Gasteiger partial charge on any atom is 0.0726 e. The Bertz CT molecular complexity index is 3830.